The minimum Gasteiger partial charge on any atom is -0.0743 e. The molecule has 0 saturated heterocycles. The lowest BCUT2D eigenvalue weighted by molar-refractivity contribution is 0.319. The molecule has 4 unspecified atom stereocenters. The van der Waals surface area contributed by atoms with E-state index in [-0.39, 0.29) is 0 Å². The lowest BCUT2D eigenvalue weighted by Gasteiger charge is -2.19. The van der Waals surface area contributed by atoms with Gasteiger partial charge in [0, 0.05) is 0 Å². The normalized spacial score (nSPS) is 40.1. The highest BCUT2D eigenvalue weighted by Crippen LogP contribution is 2.45. The molecule has 1 fully saturated rings. The Labute approximate surface area is 84.9 Å². The first kappa shape index (κ1) is 11.1. The van der Waals surface area contributed by atoms with Crippen LogP contribution in [0.4, 0.5) is 0 Å². The third-order valence-corrected chi connectivity index (χ3v) is 3.94. The molecule has 1 aliphatic carbocycles. The van der Waals surface area contributed by atoms with Gasteiger partial charge >= 0.3 is 0 Å². The molecular formula is C12H23B. The van der Waals surface area contributed by atoms with Crippen LogP contribution in [-0.2, 0) is 0 Å². The summed E-state index contributed by atoms with van der Waals surface area (Å²) in [5, 5.41) is 0. The molecule has 0 aromatic heterocycles. The van der Waals surface area contributed by atoms with E-state index >= 15 is 0 Å². The summed E-state index contributed by atoms with van der Waals surface area (Å²) in [6, 6.07) is 0. The quantitative estimate of drug-likeness (QED) is 0.578. The Bertz CT molecular complexity index is 153. The highest BCUT2D eigenvalue weighted by Gasteiger charge is 2.34. The first-order valence-corrected chi connectivity index (χ1v) is 5.78. The molecular weight excluding hydrogens is 155 g/mol. The van der Waals surface area contributed by atoms with Crippen LogP contribution in [0.15, 0.2) is 0 Å². The second kappa shape index (κ2) is 4.53. The number of hydrogen-bond donors (Lipinski definition) is 0. The molecule has 74 valence electrons. The van der Waals surface area contributed by atoms with Gasteiger partial charge in [-0.3, -0.25) is 0 Å². The molecule has 0 N–H and O–H groups in total. The molecule has 4 atom stereocenters. The fourth-order valence-electron chi connectivity index (χ4n) is 2.53. The molecule has 0 spiro atoms. The summed E-state index contributed by atoms with van der Waals surface area (Å²) in [6.45, 7) is 9.30. The molecule has 1 saturated carbocycles. The fourth-order valence-corrected chi connectivity index (χ4v) is 2.53. The highest BCUT2D eigenvalue weighted by atomic mass is 14.4. The summed E-state index contributed by atoms with van der Waals surface area (Å²) in [4.78, 5) is 0. The van der Waals surface area contributed by atoms with Crippen molar-refractivity contribution in [1.29, 1.82) is 0 Å². The van der Waals surface area contributed by atoms with Crippen LogP contribution in [0.25, 0.3) is 0 Å². The van der Waals surface area contributed by atoms with Crippen LogP contribution in [0.1, 0.15) is 47.0 Å². The van der Waals surface area contributed by atoms with E-state index in [1.165, 1.54) is 19.3 Å². The van der Waals surface area contributed by atoms with Gasteiger partial charge in [-0.2, -0.15) is 0 Å². The Morgan fingerprint density at radius 3 is 2.23 bits per heavy atom. The predicted octanol–water partition coefficient (Wildman–Crippen LogP) is 3.67. The van der Waals surface area contributed by atoms with Gasteiger partial charge in [0.1, 0.15) is 0 Å². The first-order chi connectivity index (χ1) is 6.02. The van der Waals surface area contributed by atoms with Gasteiger partial charge in [0.25, 0.3) is 0 Å². The van der Waals surface area contributed by atoms with Crippen molar-refractivity contribution in [3.63, 3.8) is 0 Å². The van der Waals surface area contributed by atoms with Crippen molar-refractivity contribution in [1.82, 2.24) is 0 Å². The smallest absolute Gasteiger partial charge is 0.0703 e. The molecule has 0 heterocycles. The lowest BCUT2D eigenvalue weighted by atomic mass is 9.78. The van der Waals surface area contributed by atoms with Crippen LogP contribution >= 0.6 is 0 Å². The van der Waals surface area contributed by atoms with E-state index in [1.54, 1.807) is 0 Å². The van der Waals surface area contributed by atoms with Crippen molar-refractivity contribution in [3.05, 3.63) is 0 Å². The molecule has 1 aliphatic rings. The molecule has 0 aromatic carbocycles. The van der Waals surface area contributed by atoms with Crippen LogP contribution in [0.2, 0.25) is 5.82 Å². The highest BCUT2D eigenvalue weighted by molar-refractivity contribution is 6.12. The Hall–Kier alpha value is 0.0649. The molecule has 1 heteroatoms. The maximum absolute atomic E-state index is 6.07. The Kier molecular flexibility index (Phi) is 3.88. The van der Waals surface area contributed by atoms with Crippen LogP contribution in [0.5, 0.6) is 0 Å². The second-order valence-corrected chi connectivity index (χ2v) is 5.35. The van der Waals surface area contributed by atoms with Gasteiger partial charge < -0.3 is 0 Å². The molecule has 0 nitrogen and oxygen atoms in total. The van der Waals surface area contributed by atoms with Gasteiger partial charge in [-0.1, -0.05) is 46.4 Å². The summed E-state index contributed by atoms with van der Waals surface area (Å²) in [5.41, 5.74) is 0. The zero-order valence-corrected chi connectivity index (χ0v) is 9.59. The van der Waals surface area contributed by atoms with Crippen LogP contribution in [0, 0.1) is 23.7 Å². The van der Waals surface area contributed by atoms with E-state index in [9.17, 15) is 0 Å². The Morgan fingerprint density at radius 1 is 1.23 bits per heavy atom. The Balaban J connectivity index is 2.35. The van der Waals surface area contributed by atoms with Crippen molar-refractivity contribution in [2.45, 2.75) is 52.8 Å². The standard InChI is InChI=1S/C12H23B/c1-8(2)5-6-11-7-12(13)10(4)9(11)3/h8-12H,5-7H2,1-4H3. The third kappa shape index (κ3) is 2.75. The average molecular weight is 178 g/mol. The number of hydrogen-bond acceptors (Lipinski definition) is 0. The maximum Gasteiger partial charge on any atom is 0.0703 e. The number of rotatable bonds is 3. The van der Waals surface area contributed by atoms with Crippen LogP contribution < -0.4 is 0 Å². The SMILES string of the molecule is [B]C1CC(CCC(C)C)C(C)C1C. The van der Waals surface area contributed by atoms with Crippen molar-refractivity contribution in [2.75, 3.05) is 0 Å². The van der Waals surface area contributed by atoms with E-state index in [0.717, 1.165) is 23.7 Å². The molecule has 0 aromatic rings. The van der Waals surface area contributed by atoms with Crippen molar-refractivity contribution < 1.29 is 0 Å². The minimum atomic E-state index is 0.465. The summed E-state index contributed by atoms with van der Waals surface area (Å²) in [7, 11) is 6.07. The van der Waals surface area contributed by atoms with Gasteiger partial charge in [-0.15, -0.1) is 0 Å². The van der Waals surface area contributed by atoms with Crippen LogP contribution in [-0.4, -0.2) is 7.85 Å². The van der Waals surface area contributed by atoms with Crippen molar-refractivity contribution >= 4 is 7.85 Å². The van der Waals surface area contributed by atoms with Gasteiger partial charge in [-0.25, -0.2) is 0 Å². The van der Waals surface area contributed by atoms with E-state index < -0.39 is 0 Å². The summed E-state index contributed by atoms with van der Waals surface area (Å²) in [5.74, 6) is 3.78. The average Bonchev–Trinajstić information content (AvgIpc) is 2.29. The summed E-state index contributed by atoms with van der Waals surface area (Å²) >= 11 is 0. The zero-order valence-electron chi connectivity index (χ0n) is 9.59. The van der Waals surface area contributed by atoms with Crippen molar-refractivity contribution in [3.8, 4) is 0 Å². The summed E-state index contributed by atoms with van der Waals surface area (Å²) in [6.07, 6.45) is 4.01. The van der Waals surface area contributed by atoms with Gasteiger partial charge in [-0.05, 0) is 30.1 Å². The minimum absolute atomic E-state index is 0.465. The predicted molar refractivity (Wildman–Crippen MR) is 60.0 cm³/mol. The van der Waals surface area contributed by atoms with Gasteiger partial charge in [0.15, 0.2) is 0 Å². The Morgan fingerprint density at radius 2 is 1.85 bits per heavy atom. The fraction of sp³-hybridized carbons (Fsp3) is 1.00. The largest absolute Gasteiger partial charge is 0.0743 e. The van der Waals surface area contributed by atoms with Gasteiger partial charge in [0.2, 0.25) is 0 Å². The zero-order chi connectivity index (χ0) is 10.0. The molecule has 2 radical (unpaired) electrons. The van der Waals surface area contributed by atoms with E-state index in [4.69, 9.17) is 7.85 Å². The van der Waals surface area contributed by atoms with E-state index in [2.05, 4.69) is 27.7 Å². The molecule has 1 rings (SSSR count). The van der Waals surface area contributed by atoms with E-state index in [1.807, 2.05) is 0 Å². The molecule has 0 bridgehead atoms. The van der Waals surface area contributed by atoms with E-state index in [0.29, 0.717) is 5.82 Å². The monoisotopic (exact) mass is 178 g/mol. The topological polar surface area (TPSA) is 0 Å². The maximum atomic E-state index is 6.07. The molecule has 0 amide bonds. The second-order valence-electron chi connectivity index (χ2n) is 5.35. The molecule has 0 aliphatic heterocycles. The van der Waals surface area contributed by atoms with Gasteiger partial charge in [0.05, 0.1) is 7.85 Å². The van der Waals surface area contributed by atoms with Crippen molar-refractivity contribution in [2.24, 2.45) is 23.7 Å². The van der Waals surface area contributed by atoms with Crippen LogP contribution in [0.3, 0.4) is 0 Å². The third-order valence-electron chi connectivity index (χ3n) is 3.94. The molecule has 13 heavy (non-hydrogen) atoms. The summed E-state index contributed by atoms with van der Waals surface area (Å²) < 4.78 is 0. The lowest BCUT2D eigenvalue weighted by Crippen LogP contribution is -2.10. The first-order valence-electron chi connectivity index (χ1n) is 5.78.